The molecular formula is C20H15N7O6S2. The van der Waals surface area contributed by atoms with Gasteiger partial charge in [0.1, 0.15) is 9.79 Å². The predicted octanol–water partition coefficient (Wildman–Crippen LogP) is 2.19. The molecule has 0 aliphatic heterocycles. The van der Waals surface area contributed by atoms with Crippen molar-refractivity contribution in [3.05, 3.63) is 78.1 Å². The van der Waals surface area contributed by atoms with Crippen LogP contribution in [0.15, 0.2) is 76.8 Å². The van der Waals surface area contributed by atoms with Gasteiger partial charge in [0.25, 0.3) is 20.2 Å². The molecule has 2 N–H and O–H groups in total. The van der Waals surface area contributed by atoms with Crippen molar-refractivity contribution in [1.82, 2.24) is 30.8 Å². The van der Waals surface area contributed by atoms with E-state index in [4.69, 9.17) is 0 Å². The van der Waals surface area contributed by atoms with Crippen molar-refractivity contribution in [3.63, 3.8) is 0 Å². The van der Waals surface area contributed by atoms with Crippen LogP contribution in [0.4, 0.5) is 17.3 Å². The van der Waals surface area contributed by atoms with Crippen LogP contribution in [0.3, 0.4) is 0 Å². The summed E-state index contributed by atoms with van der Waals surface area (Å²) in [4.78, 5) is 0.370. The number of aromatic nitrogens is 6. The van der Waals surface area contributed by atoms with Gasteiger partial charge in [-0.25, -0.2) is 0 Å². The number of nitrogens with zero attached hydrogens (tertiary/aromatic N) is 7. The highest BCUT2D eigenvalue weighted by atomic mass is 32.2. The number of rotatable bonds is 7. The third kappa shape index (κ3) is 5.33. The van der Waals surface area contributed by atoms with Crippen molar-refractivity contribution in [2.24, 2.45) is 0 Å². The van der Waals surface area contributed by atoms with E-state index in [1.807, 2.05) is 0 Å². The first-order valence-corrected chi connectivity index (χ1v) is 12.5. The van der Waals surface area contributed by atoms with Gasteiger partial charge < -0.3 is 0 Å². The Morgan fingerprint density at radius 3 is 1.80 bits per heavy atom. The fraction of sp³-hybridized carbons (Fsp3) is 0. The topological polar surface area (TPSA) is 189 Å². The molecule has 0 atom stereocenters. The van der Waals surface area contributed by atoms with Crippen LogP contribution in [-0.2, 0) is 20.2 Å². The maximum atomic E-state index is 12.5. The zero-order valence-electron chi connectivity index (χ0n) is 17.5. The van der Waals surface area contributed by atoms with E-state index in [-0.39, 0.29) is 33.3 Å². The average Bonchev–Trinajstić information content (AvgIpc) is 2.83. The fourth-order valence-electron chi connectivity index (χ4n) is 3.24. The lowest BCUT2D eigenvalue weighted by Gasteiger charge is -2.23. The second kappa shape index (κ2) is 9.59. The van der Waals surface area contributed by atoms with E-state index in [2.05, 4.69) is 30.8 Å². The van der Waals surface area contributed by atoms with Crippen LogP contribution in [0, 0.1) is 0 Å². The molecule has 0 unspecified atom stereocenters. The molecule has 13 nitrogen and oxygen atoms in total. The summed E-state index contributed by atoms with van der Waals surface area (Å²) in [5, 5.41) is 22.2. The Hall–Kier alpha value is -4.18. The first kappa shape index (κ1) is 24.0. The molecule has 2 aromatic carbocycles. The second-order valence-electron chi connectivity index (χ2n) is 6.81. The van der Waals surface area contributed by atoms with Gasteiger partial charge in [-0.2, -0.15) is 16.8 Å². The van der Waals surface area contributed by atoms with Crippen molar-refractivity contribution in [1.29, 1.82) is 0 Å². The van der Waals surface area contributed by atoms with Crippen LogP contribution < -0.4 is 4.90 Å². The lowest BCUT2D eigenvalue weighted by Crippen LogP contribution is -2.18. The zero-order valence-corrected chi connectivity index (χ0v) is 19.1. The van der Waals surface area contributed by atoms with E-state index in [0.717, 1.165) is 0 Å². The molecule has 0 spiro atoms. The van der Waals surface area contributed by atoms with E-state index >= 15 is 0 Å². The normalized spacial score (nSPS) is 12.1. The van der Waals surface area contributed by atoms with Gasteiger partial charge in [-0.3, -0.25) is 14.0 Å². The summed E-state index contributed by atoms with van der Waals surface area (Å²) in [6.07, 6.45) is 5.23. The van der Waals surface area contributed by atoms with Crippen molar-refractivity contribution in [2.75, 3.05) is 4.90 Å². The minimum absolute atomic E-state index is 0.00386. The monoisotopic (exact) mass is 513 g/mol. The molecule has 2 aromatic heterocycles. The first-order valence-electron chi connectivity index (χ1n) is 9.60. The number of benzene rings is 2. The van der Waals surface area contributed by atoms with Gasteiger partial charge in [0, 0.05) is 12.1 Å². The van der Waals surface area contributed by atoms with Gasteiger partial charge in [-0.1, -0.05) is 42.5 Å². The van der Waals surface area contributed by atoms with Crippen LogP contribution in [-0.4, -0.2) is 56.8 Å². The van der Waals surface area contributed by atoms with Crippen molar-refractivity contribution >= 4 is 49.7 Å². The Balaban J connectivity index is 1.94. The average molecular weight is 514 g/mol. The largest absolute Gasteiger partial charge is 0.297 e. The lowest BCUT2D eigenvalue weighted by molar-refractivity contribution is 0.480. The third-order valence-electron chi connectivity index (χ3n) is 4.60. The summed E-state index contributed by atoms with van der Waals surface area (Å²) in [5.41, 5.74) is 0.0430. The van der Waals surface area contributed by atoms with E-state index in [0.29, 0.717) is 0 Å². The summed E-state index contributed by atoms with van der Waals surface area (Å²) in [6.45, 7) is 0. The molecule has 178 valence electrons. The van der Waals surface area contributed by atoms with E-state index in [9.17, 15) is 25.9 Å². The standard InChI is InChI=1S/C20H15N7O6S2/c28-34(29,30)17-7-2-1-4-14(17)8-9-15-5-3-6-16(20(15)35(31,32)33)27(18-10-12-21-25-23-18)19-11-13-22-26-24-19/h1-13H,(H,28,29,30)(H,31,32,33)/b9-8+. The molecule has 4 rings (SSSR count). The summed E-state index contributed by atoms with van der Waals surface area (Å²) in [5.74, 6) is 0.228. The third-order valence-corrected chi connectivity index (χ3v) is 6.49. The predicted molar refractivity (Wildman–Crippen MR) is 123 cm³/mol. The molecule has 15 heteroatoms. The number of hydrogen-bond acceptors (Lipinski definition) is 11. The molecule has 0 fully saturated rings. The van der Waals surface area contributed by atoms with Gasteiger partial charge in [0.05, 0.1) is 18.1 Å². The minimum Gasteiger partial charge on any atom is -0.282 e. The molecule has 0 bridgehead atoms. The Kier molecular flexibility index (Phi) is 6.57. The van der Waals surface area contributed by atoms with Gasteiger partial charge in [0.2, 0.25) is 0 Å². The van der Waals surface area contributed by atoms with Gasteiger partial charge >= 0.3 is 0 Å². The summed E-state index contributed by atoms with van der Waals surface area (Å²) >= 11 is 0. The van der Waals surface area contributed by atoms with Gasteiger partial charge in [-0.05, 0) is 33.7 Å². The first-order chi connectivity index (χ1) is 16.7. The van der Waals surface area contributed by atoms with Crippen molar-refractivity contribution in [3.8, 4) is 0 Å². The van der Waals surface area contributed by atoms with Crippen LogP contribution in [0.25, 0.3) is 12.2 Å². The smallest absolute Gasteiger partial charge is 0.282 e. The highest BCUT2D eigenvalue weighted by Gasteiger charge is 2.27. The van der Waals surface area contributed by atoms with E-state index < -0.39 is 25.1 Å². The van der Waals surface area contributed by atoms with Crippen molar-refractivity contribution < 1.29 is 25.9 Å². The molecular weight excluding hydrogens is 498 g/mol. The summed E-state index contributed by atoms with van der Waals surface area (Å²) in [7, 11) is -9.40. The fourth-order valence-corrected chi connectivity index (χ4v) is 4.78. The van der Waals surface area contributed by atoms with Crippen LogP contribution in [0.2, 0.25) is 0 Å². The second-order valence-corrected chi connectivity index (χ2v) is 9.56. The molecule has 0 amide bonds. The molecule has 0 saturated heterocycles. The van der Waals surface area contributed by atoms with Gasteiger partial charge in [-0.15, -0.1) is 20.4 Å². The summed E-state index contributed by atoms with van der Waals surface area (Å²) < 4.78 is 68.1. The highest BCUT2D eigenvalue weighted by molar-refractivity contribution is 7.86. The molecule has 4 aromatic rings. The molecule has 2 heterocycles. The van der Waals surface area contributed by atoms with Crippen LogP contribution >= 0.6 is 0 Å². The Bertz CT molecular complexity index is 1560. The molecule has 0 aliphatic carbocycles. The van der Waals surface area contributed by atoms with E-state index in [1.54, 1.807) is 6.07 Å². The summed E-state index contributed by atoms with van der Waals surface area (Å²) in [6, 6.07) is 12.8. The van der Waals surface area contributed by atoms with E-state index in [1.165, 1.54) is 78.0 Å². The Morgan fingerprint density at radius 1 is 0.686 bits per heavy atom. The van der Waals surface area contributed by atoms with Crippen LogP contribution in [0.5, 0.6) is 0 Å². The maximum absolute atomic E-state index is 12.5. The van der Waals surface area contributed by atoms with Crippen molar-refractivity contribution in [2.45, 2.75) is 9.79 Å². The molecule has 0 saturated carbocycles. The Labute approximate surface area is 199 Å². The number of hydrogen-bond donors (Lipinski definition) is 2. The minimum atomic E-state index is -4.86. The number of anilines is 3. The molecule has 0 radical (unpaired) electrons. The van der Waals surface area contributed by atoms with Gasteiger partial charge in [0.15, 0.2) is 11.6 Å². The lowest BCUT2D eigenvalue weighted by atomic mass is 10.1. The molecule has 0 aliphatic rings. The quantitative estimate of drug-likeness (QED) is 0.270. The zero-order chi connectivity index (χ0) is 25.1. The highest BCUT2D eigenvalue weighted by Crippen LogP contribution is 2.37. The SMILES string of the molecule is O=S(=O)(O)c1ccccc1/C=C/c1cccc(N(c2ccnnn2)c2ccnnn2)c1S(=O)(=O)O. The molecule has 35 heavy (non-hydrogen) atoms. The Morgan fingerprint density at radius 2 is 1.26 bits per heavy atom. The maximum Gasteiger partial charge on any atom is 0.297 e. The van der Waals surface area contributed by atoms with Crippen LogP contribution in [0.1, 0.15) is 11.1 Å².